The van der Waals surface area contributed by atoms with Crippen LogP contribution in [-0.2, 0) is 15.8 Å². The molecule has 1 rings (SSSR count). The average Bonchev–Trinajstić information content (AvgIpc) is 2.44. The highest BCUT2D eigenvalue weighted by atomic mass is 32.2. The van der Waals surface area contributed by atoms with Gasteiger partial charge in [0.15, 0.2) is 0 Å². The van der Waals surface area contributed by atoms with Crippen molar-refractivity contribution < 1.29 is 14.1 Å². The molecule has 1 heterocycles. The quantitative estimate of drug-likeness (QED) is 0.775. The van der Waals surface area contributed by atoms with Crippen molar-refractivity contribution in [3.05, 3.63) is 35.7 Å². The summed E-state index contributed by atoms with van der Waals surface area (Å²) in [6.45, 7) is 8.95. The van der Waals surface area contributed by atoms with Gasteiger partial charge in [-0.15, -0.1) is 5.92 Å². The van der Waals surface area contributed by atoms with Gasteiger partial charge < -0.3 is 5.11 Å². The van der Waals surface area contributed by atoms with E-state index in [4.69, 9.17) is 0 Å². The SMILES string of the molecule is CC#Cc1cncc(/C=C/[C@](C)(CC(=O)O)NS(=O)C(C)(C)C)c1. The molecule has 0 aliphatic rings. The van der Waals surface area contributed by atoms with Crippen LogP contribution in [0, 0.1) is 11.8 Å². The third-order valence-electron chi connectivity index (χ3n) is 3.07. The molecule has 0 aliphatic heterocycles. The van der Waals surface area contributed by atoms with E-state index in [2.05, 4.69) is 21.5 Å². The van der Waals surface area contributed by atoms with Crippen molar-refractivity contribution in [2.45, 2.75) is 51.3 Å². The van der Waals surface area contributed by atoms with Gasteiger partial charge in [0, 0.05) is 18.0 Å². The van der Waals surface area contributed by atoms with E-state index < -0.39 is 27.2 Å². The van der Waals surface area contributed by atoms with Crippen molar-refractivity contribution in [3.8, 4) is 11.8 Å². The molecule has 2 atom stereocenters. The topological polar surface area (TPSA) is 79.3 Å². The van der Waals surface area contributed by atoms with Crippen molar-refractivity contribution in [2.75, 3.05) is 0 Å². The van der Waals surface area contributed by atoms with E-state index in [0.717, 1.165) is 11.1 Å². The van der Waals surface area contributed by atoms with Gasteiger partial charge in [0.2, 0.25) is 0 Å². The van der Waals surface area contributed by atoms with Crippen LogP contribution >= 0.6 is 0 Å². The van der Waals surface area contributed by atoms with Crippen LogP contribution < -0.4 is 4.72 Å². The minimum atomic E-state index is -1.39. The molecule has 0 fully saturated rings. The Hall–Kier alpha value is -1.97. The smallest absolute Gasteiger partial charge is 0.305 e. The summed E-state index contributed by atoms with van der Waals surface area (Å²) in [5.74, 6) is 4.76. The van der Waals surface area contributed by atoms with Gasteiger partial charge >= 0.3 is 5.97 Å². The van der Waals surface area contributed by atoms with Crippen LogP contribution in [0.25, 0.3) is 6.08 Å². The van der Waals surface area contributed by atoms with E-state index in [1.54, 1.807) is 38.4 Å². The molecule has 0 spiro atoms. The maximum atomic E-state index is 12.4. The predicted octanol–water partition coefficient (Wildman–Crippen LogP) is 2.75. The first-order valence-electron chi connectivity index (χ1n) is 7.54. The summed E-state index contributed by atoms with van der Waals surface area (Å²) in [5.41, 5.74) is 0.636. The Balaban J connectivity index is 3.07. The fraction of sp³-hybridized carbons (Fsp3) is 0.444. The van der Waals surface area contributed by atoms with Crippen molar-refractivity contribution in [2.24, 2.45) is 0 Å². The second-order valence-electron chi connectivity index (χ2n) is 6.69. The number of rotatable bonds is 6. The number of nitrogens with zero attached hydrogens (tertiary/aromatic N) is 1. The molecule has 0 aromatic carbocycles. The average molecular weight is 348 g/mol. The minimum absolute atomic E-state index is 0.187. The van der Waals surface area contributed by atoms with Crippen molar-refractivity contribution in [3.63, 3.8) is 0 Å². The van der Waals surface area contributed by atoms with Gasteiger partial charge in [-0.05, 0) is 46.2 Å². The third kappa shape index (κ3) is 6.65. The van der Waals surface area contributed by atoms with Crippen LogP contribution in [0.15, 0.2) is 24.5 Å². The van der Waals surface area contributed by atoms with Gasteiger partial charge in [-0.2, -0.15) is 0 Å². The highest BCUT2D eigenvalue weighted by Crippen LogP contribution is 2.19. The van der Waals surface area contributed by atoms with Crippen LogP contribution in [0.3, 0.4) is 0 Å². The third-order valence-corrected chi connectivity index (χ3v) is 4.84. The summed E-state index contributed by atoms with van der Waals surface area (Å²) >= 11 is 0. The molecule has 0 bridgehead atoms. The molecule has 2 N–H and O–H groups in total. The van der Waals surface area contributed by atoms with Crippen LogP contribution in [0.2, 0.25) is 0 Å². The summed E-state index contributed by atoms with van der Waals surface area (Å²) in [6, 6.07) is 1.86. The lowest BCUT2D eigenvalue weighted by Gasteiger charge is -2.29. The maximum Gasteiger partial charge on any atom is 0.305 e. The molecule has 0 saturated carbocycles. The molecule has 1 aromatic heterocycles. The van der Waals surface area contributed by atoms with Gasteiger partial charge in [0.25, 0.3) is 0 Å². The normalized spacial score (nSPS) is 15.4. The van der Waals surface area contributed by atoms with Gasteiger partial charge in [-0.25, -0.2) is 8.93 Å². The number of aromatic nitrogens is 1. The van der Waals surface area contributed by atoms with Crippen LogP contribution in [0.4, 0.5) is 0 Å². The highest BCUT2D eigenvalue weighted by molar-refractivity contribution is 7.84. The number of pyridine rings is 1. The Labute approximate surface area is 146 Å². The largest absolute Gasteiger partial charge is 0.481 e. The van der Waals surface area contributed by atoms with E-state index in [1.807, 2.05) is 26.8 Å². The molecule has 0 radical (unpaired) electrons. The first-order chi connectivity index (χ1) is 11.1. The summed E-state index contributed by atoms with van der Waals surface area (Å²) in [4.78, 5) is 15.3. The van der Waals surface area contributed by atoms with Crippen molar-refractivity contribution in [1.29, 1.82) is 0 Å². The molecule has 1 unspecified atom stereocenters. The molecule has 5 nitrogen and oxygen atoms in total. The maximum absolute atomic E-state index is 12.4. The monoisotopic (exact) mass is 348 g/mol. The highest BCUT2D eigenvalue weighted by Gasteiger charge is 2.31. The summed E-state index contributed by atoms with van der Waals surface area (Å²) < 4.78 is 14.8. The molecule has 130 valence electrons. The second kappa shape index (κ2) is 8.22. The Bertz CT molecular complexity index is 711. The lowest BCUT2D eigenvalue weighted by Crippen LogP contribution is -2.48. The van der Waals surface area contributed by atoms with E-state index in [0.29, 0.717) is 0 Å². The molecule has 24 heavy (non-hydrogen) atoms. The zero-order chi connectivity index (χ0) is 18.4. The van der Waals surface area contributed by atoms with Gasteiger partial charge in [-0.1, -0.05) is 18.1 Å². The molecule has 0 aliphatic carbocycles. The van der Waals surface area contributed by atoms with Gasteiger partial charge in [0.1, 0.15) is 0 Å². The van der Waals surface area contributed by atoms with Gasteiger partial charge in [0.05, 0.1) is 27.7 Å². The number of hydrogen-bond donors (Lipinski definition) is 2. The van der Waals surface area contributed by atoms with E-state index >= 15 is 0 Å². The second-order valence-corrected chi connectivity index (χ2v) is 8.65. The lowest BCUT2D eigenvalue weighted by atomic mass is 9.98. The molecule has 0 saturated heterocycles. The zero-order valence-electron chi connectivity index (χ0n) is 14.7. The van der Waals surface area contributed by atoms with Crippen LogP contribution in [0.5, 0.6) is 0 Å². The number of carbonyl (C=O) groups is 1. The molecule has 6 heteroatoms. The van der Waals surface area contributed by atoms with Crippen molar-refractivity contribution >= 4 is 23.0 Å². The first-order valence-corrected chi connectivity index (χ1v) is 8.69. The molecule has 1 aromatic rings. The molecular weight excluding hydrogens is 324 g/mol. The standard InChI is InChI=1S/C18H24N2O3S/c1-6-7-14-10-15(13-19-12-14)8-9-18(5,11-16(21)22)20-24(23)17(2,3)4/h8-10,12-13,20H,11H2,1-5H3,(H,21,22)/b9-8+/t18-,24?/m1/s1. The number of carboxylic acid groups (broad SMARTS) is 1. The van der Waals surface area contributed by atoms with Crippen LogP contribution in [-0.4, -0.2) is 30.6 Å². The fourth-order valence-corrected chi connectivity index (χ4v) is 2.72. The zero-order valence-corrected chi connectivity index (χ0v) is 15.5. The number of carboxylic acids is 1. The number of nitrogens with one attached hydrogen (secondary N) is 1. The van der Waals surface area contributed by atoms with E-state index in [9.17, 15) is 14.1 Å². The Morgan fingerprint density at radius 3 is 2.58 bits per heavy atom. The predicted molar refractivity (Wildman–Crippen MR) is 97.5 cm³/mol. The Kier molecular flexibility index (Phi) is 6.88. The summed E-state index contributed by atoms with van der Waals surface area (Å²) in [5, 5.41) is 9.17. The Morgan fingerprint density at radius 1 is 1.38 bits per heavy atom. The fourth-order valence-electron chi connectivity index (χ4n) is 1.85. The summed E-state index contributed by atoms with van der Waals surface area (Å²) in [7, 11) is -1.39. The first kappa shape index (κ1) is 20.1. The Morgan fingerprint density at radius 2 is 2.04 bits per heavy atom. The lowest BCUT2D eigenvalue weighted by molar-refractivity contribution is -0.137. The summed E-state index contributed by atoms with van der Waals surface area (Å²) in [6.07, 6.45) is 6.62. The van der Waals surface area contributed by atoms with Crippen LogP contribution in [0.1, 0.15) is 52.2 Å². The molecule has 0 amide bonds. The number of aliphatic carboxylic acids is 1. The van der Waals surface area contributed by atoms with Gasteiger partial charge in [-0.3, -0.25) is 9.78 Å². The minimum Gasteiger partial charge on any atom is -0.481 e. The van der Waals surface area contributed by atoms with E-state index in [1.165, 1.54) is 0 Å². The molecular formula is C18H24N2O3S. The van der Waals surface area contributed by atoms with Crippen molar-refractivity contribution in [1.82, 2.24) is 9.71 Å². The number of hydrogen-bond acceptors (Lipinski definition) is 3. The van der Waals surface area contributed by atoms with E-state index in [-0.39, 0.29) is 6.42 Å².